The highest BCUT2D eigenvalue weighted by atomic mass is 79.9. The van der Waals surface area contributed by atoms with E-state index < -0.39 is 11.7 Å². The van der Waals surface area contributed by atoms with Gasteiger partial charge in [0.05, 0.1) is 0 Å². The molecule has 0 atom stereocenters. The predicted octanol–water partition coefficient (Wildman–Crippen LogP) is 3.52. The number of halogens is 1. The van der Waals surface area contributed by atoms with Crippen molar-refractivity contribution in [2.75, 3.05) is 10.8 Å². The number of fused-ring (bicyclic) bond motifs is 2. The fourth-order valence-electron chi connectivity index (χ4n) is 1.38. The van der Waals surface area contributed by atoms with Crippen molar-refractivity contribution < 1.29 is 14.4 Å². The largest absolute Gasteiger partial charge is 0.444 e. The second-order valence-corrected chi connectivity index (χ2v) is 5.48. The molecule has 2 N–H and O–H groups in total. The van der Waals surface area contributed by atoms with E-state index in [0.717, 1.165) is 4.47 Å². The molecule has 0 spiro atoms. The summed E-state index contributed by atoms with van der Waals surface area (Å²) in [7, 11) is 0. The van der Waals surface area contributed by atoms with E-state index in [-0.39, 0.29) is 0 Å². The Morgan fingerprint density at radius 3 is 2.82 bits per heavy atom. The molecule has 2 rings (SSSR count). The van der Waals surface area contributed by atoms with E-state index in [2.05, 4.69) is 26.7 Å². The van der Waals surface area contributed by atoms with Gasteiger partial charge < -0.3 is 9.57 Å². The number of carbonyl (C=O) groups excluding carboxylic acids is 1. The lowest BCUT2D eigenvalue weighted by molar-refractivity contribution is 0.0636. The van der Waals surface area contributed by atoms with Crippen molar-refractivity contribution in [3.8, 4) is 5.75 Å². The normalized spacial score (nSPS) is 12.7. The lowest BCUT2D eigenvalue weighted by Gasteiger charge is -2.19. The highest BCUT2D eigenvalue weighted by molar-refractivity contribution is 9.10. The monoisotopic (exact) mass is 300 g/mol. The van der Waals surface area contributed by atoms with Crippen LogP contribution in [0.1, 0.15) is 20.8 Å². The van der Waals surface area contributed by atoms with Crippen LogP contribution < -0.4 is 15.6 Å². The summed E-state index contributed by atoms with van der Waals surface area (Å²) in [4.78, 5) is 16.8. The zero-order valence-corrected chi connectivity index (χ0v) is 11.3. The van der Waals surface area contributed by atoms with Crippen molar-refractivity contribution in [1.29, 1.82) is 0 Å². The molecule has 0 saturated heterocycles. The molecule has 92 valence electrons. The van der Waals surface area contributed by atoms with Gasteiger partial charge in [0.25, 0.3) is 0 Å². The molecule has 0 radical (unpaired) electrons. The third-order valence-electron chi connectivity index (χ3n) is 2.01. The van der Waals surface area contributed by atoms with Crippen molar-refractivity contribution in [2.45, 2.75) is 26.4 Å². The summed E-state index contributed by atoms with van der Waals surface area (Å²) in [5.41, 5.74) is 3.45. The van der Waals surface area contributed by atoms with Gasteiger partial charge in [0.1, 0.15) is 17.0 Å². The van der Waals surface area contributed by atoms with Gasteiger partial charge in [-0.2, -0.15) is 0 Å². The van der Waals surface area contributed by atoms with E-state index in [0.29, 0.717) is 17.1 Å². The first-order chi connectivity index (χ1) is 7.87. The second kappa shape index (κ2) is 4.10. The molecule has 1 heterocycles. The maximum Gasteiger partial charge on any atom is 0.412 e. The molecule has 0 fully saturated rings. The van der Waals surface area contributed by atoms with Crippen LogP contribution in [0.4, 0.5) is 16.2 Å². The van der Waals surface area contributed by atoms with E-state index >= 15 is 0 Å². The Hall–Kier alpha value is -1.43. The number of amides is 1. The highest BCUT2D eigenvalue weighted by Gasteiger charge is 2.24. The van der Waals surface area contributed by atoms with Crippen LogP contribution in [0.15, 0.2) is 16.6 Å². The van der Waals surface area contributed by atoms with Crippen LogP contribution in [0, 0.1) is 0 Å². The van der Waals surface area contributed by atoms with Crippen molar-refractivity contribution in [3.63, 3.8) is 0 Å². The number of hydrogen-bond acceptors (Lipinski definition) is 4. The molecule has 1 aliphatic rings. The van der Waals surface area contributed by atoms with Crippen LogP contribution in [0.5, 0.6) is 5.75 Å². The van der Waals surface area contributed by atoms with Crippen LogP contribution in [-0.2, 0) is 4.74 Å². The lowest BCUT2D eigenvalue weighted by Crippen LogP contribution is -2.27. The van der Waals surface area contributed by atoms with Gasteiger partial charge in [-0.3, -0.25) is 5.32 Å². The maximum atomic E-state index is 11.6. The van der Waals surface area contributed by atoms with Gasteiger partial charge in [-0.05, 0) is 48.8 Å². The summed E-state index contributed by atoms with van der Waals surface area (Å²) in [6, 6.07) is 3.59. The summed E-state index contributed by atoms with van der Waals surface area (Å²) < 4.78 is 5.98. The minimum absolute atomic E-state index is 0.509. The van der Waals surface area contributed by atoms with Crippen LogP contribution in [0.2, 0.25) is 0 Å². The first-order valence-electron chi connectivity index (χ1n) is 5.12. The van der Waals surface area contributed by atoms with Gasteiger partial charge in [0, 0.05) is 4.47 Å². The first-order valence-corrected chi connectivity index (χ1v) is 5.91. The number of carbonyl (C=O) groups is 1. The SMILES string of the molecule is CC(C)(C)OC(=O)Nc1c2ccc(Br)c1NO2. The predicted molar refractivity (Wildman–Crippen MR) is 68.2 cm³/mol. The molecule has 0 saturated carbocycles. The van der Waals surface area contributed by atoms with Crippen molar-refractivity contribution in [2.24, 2.45) is 0 Å². The molecule has 0 aromatic heterocycles. The molecule has 17 heavy (non-hydrogen) atoms. The van der Waals surface area contributed by atoms with E-state index in [1.54, 1.807) is 6.07 Å². The van der Waals surface area contributed by atoms with E-state index in [9.17, 15) is 4.79 Å². The van der Waals surface area contributed by atoms with Gasteiger partial charge >= 0.3 is 6.09 Å². The molecular formula is C11H13BrN2O3. The fraction of sp³-hybridized carbons (Fsp3) is 0.364. The Kier molecular flexibility index (Phi) is 2.91. The maximum absolute atomic E-state index is 11.6. The summed E-state index contributed by atoms with van der Waals surface area (Å²) in [6.45, 7) is 5.43. The molecule has 2 bridgehead atoms. The zero-order valence-electron chi connectivity index (χ0n) is 9.76. The van der Waals surface area contributed by atoms with Crippen molar-refractivity contribution in [1.82, 2.24) is 0 Å². The van der Waals surface area contributed by atoms with E-state index in [4.69, 9.17) is 9.57 Å². The van der Waals surface area contributed by atoms with Gasteiger partial charge in [0.15, 0.2) is 5.75 Å². The topological polar surface area (TPSA) is 59.6 Å². The number of anilines is 2. The Balaban J connectivity index is 2.16. The second-order valence-electron chi connectivity index (χ2n) is 4.63. The average Bonchev–Trinajstić information content (AvgIpc) is 2.43. The van der Waals surface area contributed by atoms with Crippen LogP contribution >= 0.6 is 15.9 Å². The van der Waals surface area contributed by atoms with Crippen molar-refractivity contribution >= 4 is 33.4 Å². The zero-order chi connectivity index (χ0) is 12.6. The molecule has 6 heteroatoms. The number of rotatable bonds is 1. The van der Waals surface area contributed by atoms with Crippen molar-refractivity contribution in [3.05, 3.63) is 16.6 Å². The number of nitrogens with one attached hydrogen (secondary N) is 2. The summed E-state index contributed by atoms with van der Waals surface area (Å²) >= 11 is 3.36. The minimum Gasteiger partial charge on any atom is -0.444 e. The highest BCUT2D eigenvalue weighted by Crippen LogP contribution is 2.43. The number of ether oxygens (including phenoxy) is 1. The molecular weight excluding hydrogens is 288 g/mol. The number of hydrogen-bond donors (Lipinski definition) is 2. The summed E-state index contributed by atoms with van der Waals surface area (Å²) in [5, 5.41) is 2.66. The number of benzene rings is 1. The van der Waals surface area contributed by atoms with Crippen LogP contribution in [0.25, 0.3) is 0 Å². The third kappa shape index (κ3) is 2.63. The quantitative estimate of drug-likeness (QED) is 0.833. The first kappa shape index (κ1) is 12.0. The Bertz CT molecular complexity index is 469. The fourth-order valence-corrected chi connectivity index (χ4v) is 1.79. The molecule has 1 aromatic rings. The molecule has 5 nitrogen and oxygen atoms in total. The average molecular weight is 301 g/mol. The smallest absolute Gasteiger partial charge is 0.412 e. The Morgan fingerprint density at radius 1 is 1.47 bits per heavy atom. The molecule has 1 amide bonds. The standard InChI is InChI=1S/C11H13BrN2O3/c1-11(2,3)16-10(15)13-9-7-5-4-6(12)8(9)14-17-7/h4-5,14H,1-3H3,(H,13,15). The van der Waals surface area contributed by atoms with E-state index in [1.165, 1.54) is 0 Å². The summed E-state index contributed by atoms with van der Waals surface area (Å²) in [6.07, 6.45) is -0.509. The molecule has 1 aromatic carbocycles. The van der Waals surface area contributed by atoms with Gasteiger partial charge in [-0.15, -0.1) is 0 Å². The van der Waals surface area contributed by atoms with Crippen LogP contribution in [0.3, 0.4) is 0 Å². The Labute approximate surface area is 108 Å². The van der Waals surface area contributed by atoms with E-state index in [1.807, 2.05) is 26.8 Å². The van der Waals surface area contributed by atoms with Gasteiger partial charge in [0.2, 0.25) is 0 Å². The third-order valence-corrected chi connectivity index (χ3v) is 2.67. The molecule has 0 unspecified atom stereocenters. The summed E-state index contributed by atoms with van der Waals surface area (Å²) in [5.74, 6) is 0.564. The Morgan fingerprint density at radius 2 is 2.18 bits per heavy atom. The van der Waals surface area contributed by atoms with Gasteiger partial charge in [-0.1, -0.05) is 0 Å². The molecule has 1 aliphatic heterocycles. The lowest BCUT2D eigenvalue weighted by atomic mass is 10.2. The van der Waals surface area contributed by atoms with Crippen LogP contribution in [-0.4, -0.2) is 11.7 Å². The van der Waals surface area contributed by atoms with Gasteiger partial charge in [-0.25, -0.2) is 10.3 Å². The minimum atomic E-state index is -0.529. The molecule has 0 aliphatic carbocycles.